The standard InChI is InChI=1S/C36H40N2O6/c1-22-16-25-17-27-31-26(35(41)44-36(2,3)4)18-28(37(31)19-23-12-8-6-9-13-23)34(40)38(27)29(20-39)30(25)33(32(22)42-5)43-21-24-14-10-7-11-15-24/h6-17,26,28-29,31,39H,18-21H2,1-5H3/t26-,28+,29+,31-/m1/s1. The fourth-order valence-electron chi connectivity index (χ4n) is 6.93. The minimum atomic E-state index is -0.709. The van der Waals surface area contributed by atoms with Crippen LogP contribution in [-0.4, -0.2) is 58.2 Å². The number of nitrogens with zero attached hydrogens (tertiary/aromatic N) is 2. The fraction of sp³-hybridized carbons (Fsp3) is 0.389. The smallest absolute Gasteiger partial charge is 0.311 e. The number of methoxy groups -OCH3 is 1. The molecule has 8 heteroatoms. The number of piperazine rings is 1. The topological polar surface area (TPSA) is 88.5 Å². The molecule has 0 spiro atoms. The van der Waals surface area contributed by atoms with Crippen molar-refractivity contribution in [1.29, 1.82) is 0 Å². The maximum atomic E-state index is 14.5. The fourth-order valence-corrected chi connectivity index (χ4v) is 6.93. The molecule has 3 aliphatic rings. The molecular weight excluding hydrogens is 556 g/mol. The highest BCUT2D eigenvalue weighted by Gasteiger charge is 2.58. The molecule has 0 aromatic heterocycles. The predicted molar refractivity (Wildman–Crippen MR) is 167 cm³/mol. The number of hydrogen-bond acceptors (Lipinski definition) is 7. The zero-order valence-electron chi connectivity index (χ0n) is 25.9. The molecule has 0 saturated carbocycles. The third-order valence-corrected chi connectivity index (χ3v) is 8.68. The van der Waals surface area contributed by atoms with Crippen molar-refractivity contribution >= 4 is 18.0 Å². The molecule has 3 heterocycles. The lowest BCUT2D eigenvalue weighted by Crippen LogP contribution is -2.58. The highest BCUT2D eigenvalue weighted by Crippen LogP contribution is 2.52. The van der Waals surface area contributed by atoms with E-state index in [2.05, 4.69) is 4.90 Å². The summed E-state index contributed by atoms with van der Waals surface area (Å²) in [5, 5.41) is 10.9. The zero-order valence-corrected chi connectivity index (χ0v) is 25.9. The molecule has 2 saturated heterocycles. The Morgan fingerprint density at radius 1 is 1.00 bits per heavy atom. The quantitative estimate of drug-likeness (QED) is 0.348. The Kier molecular flexibility index (Phi) is 7.99. The number of aliphatic hydroxyl groups is 1. The number of rotatable bonds is 8. The first kappa shape index (κ1) is 29.9. The molecule has 2 fully saturated rings. The molecule has 1 N–H and O–H groups in total. The Hall–Kier alpha value is -4.14. The van der Waals surface area contributed by atoms with Crippen LogP contribution < -0.4 is 9.47 Å². The number of aliphatic hydroxyl groups excluding tert-OH is 1. The van der Waals surface area contributed by atoms with E-state index in [1.165, 1.54) is 0 Å². The summed E-state index contributed by atoms with van der Waals surface area (Å²) in [6.45, 7) is 8.01. The average Bonchev–Trinajstić information content (AvgIpc) is 3.31. The third-order valence-electron chi connectivity index (χ3n) is 8.68. The largest absolute Gasteiger partial charge is 0.493 e. The number of esters is 1. The lowest BCUT2D eigenvalue weighted by Gasteiger charge is -2.48. The molecule has 0 aliphatic carbocycles. The van der Waals surface area contributed by atoms with Crippen LogP contribution in [0.4, 0.5) is 0 Å². The number of ether oxygens (including phenoxy) is 3. The summed E-state index contributed by atoms with van der Waals surface area (Å²) in [5.41, 5.74) is 4.47. The van der Waals surface area contributed by atoms with E-state index in [1.807, 2.05) is 101 Å². The van der Waals surface area contributed by atoms with Crippen molar-refractivity contribution in [1.82, 2.24) is 9.80 Å². The highest BCUT2D eigenvalue weighted by atomic mass is 16.6. The van der Waals surface area contributed by atoms with E-state index in [1.54, 1.807) is 12.0 Å². The lowest BCUT2D eigenvalue weighted by atomic mass is 9.86. The van der Waals surface area contributed by atoms with Crippen LogP contribution in [-0.2, 0) is 27.5 Å². The molecule has 0 unspecified atom stereocenters. The van der Waals surface area contributed by atoms with Gasteiger partial charge in [-0.1, -0.05) is 60.7 Å². The molecule has 44 heavy (non-hydrogen) atoms. The second-order valence-electron chi connectivity index (χ2n) is 12.8. The molecule has 8 nitrogen and oxygen atoms in total. The summed E-state index contributed by atoms with van der Waals surface area (Å²) in [6.07, 6.45) is 2.33. The number of carbonyl (C=O) groups excluding carboxylic acids is 2. The summed E-state index contributed by atoms with van der Waals surface area (Å²) in [7, 11) is 1.60. The van der Waals surface area contributed by atoms with Crippen molar-refractivity contribution < 1.29 is 28.9 Å². The van der Waals surface area contributed by atoms with Gasteiger partial charge < -0.3 is 24.2 Å². The van der Waals surface area contributed by atoms with E-state index in [9.17, 15) is 14.7 Å². The number of aryl methyl sites for hydroxylation is 1. The van der Waals surface area contributed by atoms with E-state index < -0.39 is 29.6 Å². The van der Waals surface area contributed by atoms with Gasteiger partial charge in [-0.2, -0.15) is 0 Å². The van der Waals surface area contributed by atoms with Gasteiger partial charge in [0.25, 0.3) is 0 Å². The van der Waals surface area contributed by atoms with Crippen molar-refractivity contribution in [2.45, 2.75) is 71.0 Å². The van der Waals surface area contributed by atoms with Gasteiger partial charge in [-0.05, 0) is 68.5 Å². The van der Waals surface area contributed by atoms with Crippen LogP contribution >= 0.6 is 0 Å². The Morgan fingerprint density at radius 3 is 2.27 bits per heavy atom. The van der Waals surface area contributed by atoms with Crippen LogP contribution in [0.5, 0.6) is 11.5 Å². The Morgan fingerprint density at radius 2 is 1.66 bits per heavy atom. The molecular formula is C36H40N2O6. The molecule has 6 rings (SSSR count). The van der Waals surface area contributed by atoms with Gasteiger partial charge >= 0.3 is 5.97 Å². The van der Waals surface area contributed by atoms with Crippen molar-refractivity contribution in [3.05, 3.63) is 100 Å². The second-order valence-corrected chi connectivity index (χ2v) is 12.8. The first-order valence-electron chi connectivity index (χ1n) is 15.2. The molecule has 4 atom stereocenters. The lowest BCUT2D eigenvalue weighted by molar-refractivity contribution is -0.161. The van der Waals surface area contributed by atoms with Crippen molar-refractivity contribution in [3.63, 3.8) is 0 Å². The number of benzene rings is 3. The van der Waals surface area contributed by atoms with Gasteiger partial charge in [-0.3, -0.25) is 14.5 Å². The maximum Gasteiger partial charge on any atom is 0.311 e. The van der Waals surface area contributed by atoms with Crippen LogP contribution in [0.15, 0.2) is 72.4 Å². The maximum absolute atomic E-state index is 14.5. The normalized spacial score (nSPS) is 22.6. The number of amides is 1. The summed E-state index contributed by atoms with van der Waals surface area (Å²) in [6, 6.07) is 20.2. The Bertz CT molecular complexity index is 1580. The molecule has 0 radical (unpaired) electrons. The second kappa shape index (κ2) is 11.7. The molecule has 3 aromatic rings. The molecule has 3 aliphatic heterocycles. The monoisotopic (exact) mass is 596 g/mol. The van der Waals surface area contributed by atoms with E-state index in [0.29, 0.717) is 42.3 Å². The van der Waals surface area contributed by atoms with E-state index in [-0.39, 0.29) is 18.5 Å². The summed E-state index contributed by atoms with van der Waals surface area (Å²) in [5.74, 6) is 0.0728. The van der Waals surface area contributed by atoms with Crippen LogP contribution in [0, 0.1) is 12.8 Å². The number of carbonyl (C=O) groups is 2. The number of hydrogen-bond donors (Lipinski definition) is 1. The first-order chi connectivity index (χ1) is 21.1. The van der Waals surface area contributed by atoms with Crippen LogP contribution in [0.1, 0.15) is 61.1 Å². The van der Waals surface area contributed by atoms with Gasteiger partial charge in [0, 0.05) is 17.8 Å². The third kappa shape index (κ3) is 5.37. The van der Waals surface area contributed by atoms with Crippen LogP contribution in [0.2, 0.25) is 0 Å². The van der Waals surface area contributed by atoms with E-state index in [0.717, 1.165) is 22.3 Å². The molecule has 2 bridgehead atoms. The minimum Gasteiger partial charge on any atom is -0.493 e. The van der Waals surface area contributed by atoms with Crippen LogP contribution in [0.3, 0.4) is 0 Å². The van der Waals surface area contributed by atoms with Gasteiger partial charge in [-0.15, -0.1) is 0 Å². The van der Waals surface area contributed by atoms with Crippen molar-refractivity contribution in [2.24, 2.45) is 5.92 Å². The summed E-state index contributed by atoms with van der Waals surface area (Å²) < 4.78 is 18.2. The molecule has 3 aromatic carbocycles. The van der Waals surface area contributed by atoms with Crippen molar-refractivity contribution in [2.75, 3.05) is 13.7 Å². The minimum absolute atomic E-state index is 0.146. The van der Waals surface area contributed by atoms with Crippen molar-refractivity contribution in [3.8, 4) is 11.5 Å². The highest BCUT2D eigenvalue weighted by molar-refractivity contribution is 5.92. The Labute approximate surface area is 258 Å². The van der Waals surface area contributed by atoms with Gasteiger partial charge in [0.1, 0.15) is 12.2 Å². The molecule has 230 valence electrons. The van der Waals surface area contributed by atoms with E-state index in [4.69, 9.17) is 14.2 Å². The Balaban J connectivity index is 1.48. The van der Waals surface area contributed by atoms with Gasteiger partial charge in [0.2, 0.25) is 5.91 Å². The van der Waals surface area contributed by atoms with Gasteiger partial charge in [-0.25, -0.2) is 0 Å². The predicted octanol–water partition coefficient (Wildman–Crippen LogP) is 5.41. The van der Waals surface area contributed by atoms with Crippen LogP contribution in [0.25, 0.3) is 6.08 Å². The summed E-state index contributed by atoms with van der Waals surface area (Å²) >= 11 is 0. The molecule has 1 amide bonds. The number of fused-ring (bicyclic) bond motifs is 5. The first-order valence-corrected chi connectivity index (χ1v) is 15.2. The zero-order chi connectivity index (χ0) is 31.2. The van der Waals surface area contributed by atoms with Gasteiger partial charge in [0.15, 0.2) is 11.5 Å². The average molecular weight is 597 g/mol. The van der Waals surface area contributed by atoms with Gasteiger partial charge in [0.05, 0.1) is 37.8 Å². The SMILES string of the molecule is COc1c(C)cc2c(c1OCc1ccccc1)[C@H](CO)N1C(=O)[C@@H]3C[C@@H](C(=O)OC(C)(C)C)[C@H](C1=C2)N3Cc1ccccc1. The van der Waals surface area contributed by atoms with E-state index >= 15 is 0 Å². The summed E-state index contributed by atoms with van der Waals surface area (Å²) in [4.78, 5) is 32.0.